The first-order valence-electron chi connectivity index (χ1n) is 15.9. The Labute approximate surface area is 330 Å². The van der Waals surface area contributed by atoms with Gasteiger partial charge in [-0.05, 0) is 12.1 Å². The number of hydrogen-bond acceptors (Lipinski definition) is 1. The summed E-state index contributed by atoms with van der Waals surface area (Å²) in [5, 5.41) is 0.587. The first-order valence-corrected chi connectivity index (χ1v) is 16.3. The molecule has 0 fully saturated rings. The number of hydrogen-bond donors (Lipinski definition) is 0. The molecule has 6 rings (SSSR count). The molecule has 0 amide bonds. The van der Waals surface area contributed by atoms with Gasteiger partial charge in [0, 0.05) is 22.7 Å². The van der Waals surface area contributed by atoms with E-state index in [2.05, 4.69) is 0 Å². The van der Waals surface area contributed by atoms with Crippen LogP contribution in [0.2, 0.25) is 5.02 Å². The van der Waals surface area contributed by atoms with Crippen LogP contribution in [0, 0.1) is 116 Å². The van der Waals surface area contributed by atoms with Gasteiger partial charge in [-0.25, -0.2) is 87.8 Å². The van der Waals surface area contributed by atoms with E-state index in [9.17, 15) is 57.5 Å². The quantitative estimate of drug-likeness (QED) is 0.0395. The van der Waals surface area contributed by atoms with Gasteiger partial charge < -0.3 is 0 Å². The maximum atomic E-state index is 15.4. The summed E-state index contributed by atoms with van der Waals surface area (Å²) in [6.45, 7) is 0.335. The Morgan fingerprint density at radius 1 is 0.393 bits per heavy atom. The van der Waals surface area contributed by atoms with Crippen molar-refractivity contribution in [1.29, 1.82) is 0 Å². The number of ketones is 1. The molecule has 6 aromatic rings. The molecule has 0 saturated heterocycles. The predicted molar refractivity (Wildman–Crippen MR) is 172 cm³/mol. The molecule has 320 valence electrons. The molecule has 5 aromatic carbocycles. The number of pyridine rings is 1. The minimum Gasteiger partial charge on any atom is -0.287 e. The number of Topliss-reactive ketones (excluding diaryl/α,β-unsaturated/α-hetero) is 1. The first-order chi connectivity index (χ1) is 28.5. The standard InChI is InChI=1S/C24BF20.C13H11ClNO/c26-5-1(6(27)14(35)21(42)13(5)34)25(2-7(28)15(36)22(43)16(37)8(2)29,3-9(30)17(38)23(44)18(39)10(3)31)4-11(32)19(40)24(45)20(41)12(4)33;14-12-6-4-5-11(9-12)13(16)10-15-7-2-1-3-8-15/h;1-9H,10H2/q-1;+1. The molecule has 0 unspecified atom stereocenters. The SMILES string of the molecule is Fc1c(F)c(F)c([B-](c2c(F)c(F)c(F)c(F)c2F)(c2c(F)c(F)c(F)c(F)c2F)c2c(F)c(F)c(F)c(F)c2F)c(F)c1F.O=C(C[n+]1ccccc1)c1cccc(Cl)c1. The molecule has 1 aromatic heterocycles. The van der Waals surface area contributed by atoms with Crippen molar-refractivity contribution in [2.75, 3.05) is 0 Å². The van der Waals surface area contributed by atoms with E-state index < -0.39 is 144 Å². The summed E-state index contributed by atoms with van der Waals surface area (Å²) in [6.07, 6.45) is -3.49. The van der Waals surface area contributed by atoms with Gasteiger partial charge in [0.15, 0.2) is 82.2 Å². The third-order valence-corrected chi connectivity index (χ3v) is 9.19. The number of rotatable bonds is 7. The lowest BCUT2D eigenvalue weighted by atomic mass is 9.12. The molecule has 0 saturated carbocycles. The van der Waals surface area contributed by atoms with Gasteiger partial charge in [0.2, 0.25) is 12.3 Å². The highest BCUT2D eigenvalue weighted by Crippen LogP contribution is 2.30. The van der Waals surface area contributed by atoms with Crippen molar-refractivity contribution in [1.82, 2.24) is 0 Å². The first kappa shape index (κ1) is 46.0. The average molecular weight is 912 g/mol. The van der Waals surface area contributed by atoms with Crippen LogP contribution < -0.4 is 26.4 Å². The predicted octanol–water partition coefficient (Wildman–Crippen LogP) is 8.36. The molecular formula is C37H11BClF20NO. The lowest BCUT2D eigenvalue weighted by molar-refractivity contribution is -0.683. The Balaban J connectivity index is 0.000000366. The Kier molecular flexibility index (Phi) is 12.9. The molecule has 0 spiro atoms. The minimum absolute atomic E-state index is 0.0544. The van der Waals surface area contributed by atoms with Gasteiger partial charge in [-0.15, -0.1) is 21.9 Å². The number of benzene rings is 5. The fourth-order valence-corrected chi connectivity index (χ4v) is 6.52. The zero-order chi connectivity index (χ0) is 45.7. The second kappa shape index (κ2) is 17.1. The highest BCUT2D eigenvalue weighted by atomic mass is 35.5. The molecule has 61 heavy (non-hydrogen) atoms. The third kappa shape index (κ3) is 7.41. The smallest absolute Gasteiger partial charge is 0.227 e. The zero-order valence-corrected chi connectivity index (χ0v) is 29.5. The summed E-state index contributed by atoms with van der Waals surface area (Å²) in [5.41, 5.74) is -13.7. The molecule has 0 atom stereocenters. The highest BCUT2D eigenvalue weighted by Gasteiger charge is 2.52. The van der Waals surface area contributed by atoms with Crippen molar-refractivity contribution in [3.8, 4) is 0 Å². The molecule has 1 heterocycles. The molecule has 0 aliphatic rings. The van der Waals surface area contributed by atoms with Crippen molar-refractivity contribution in [3.63, 3.8) is 0 Å². The summed E-state index contributed by atoms with van der Waals surface area (Å²) in [5.74, 6) is -71.4. The van der Waals surface area contributed by atoms with Crippen LogP contribution in [-0.4, -0.2) is 11.9 Å². The monoisotopic (exact) mass is 911 g/mol. The fourth-order valence-electron chi connectivity index (χ4n) is 6.33. The second-order valence-corrected chi connectivity index (χ2v) is 12.7. The van der Waals surface area contributed by atoms with Gasteiger partial charge in [-0.2, -0.15) is 4.57 Å². The van der Waals surface area contributed by atoms with Crippen molar-refractivity contribution >= 4 is 45.4 Å². The topological polar surface area (TPSA) is 20.9 Å². The van der Waals surface area contributed by atoms with Crippen molar-refractivity contribution < 1.29 is 97.2 Å². The van der Waals surface area contributed by atoms with E-state index in [0.717, 1.165) is 0 Å². The van der Waals surface area contributed by atoms with Gasteiger partial charge in [-0.3, -0.25) is 4.79 Å². The van der Waals surface area contributed by atoms with E-state index in [1.807, 2.05) is 35.2 Å². The molecule has 0 radical (unpaired) electrons. The van der Waals surface area contributed by atoms with E-state index in [1.54, 1.807) is 24.3 Å². The van der Waals surface area contributed by atoms with Crippen LogP contribution in [-0.2, 0) is 6.54 Å². The van der Waals surface area contributed by atoms with Gasteiger partial charge in [-0.1, -0.05) is 29.8 Å². The maximum Gasteiger partial charge on any atom is 0.227 e. The summed E-state index contributed by atoms with van der Waals surface area (Å²) < 4.78 is 296. The maximum absolute atomic E-state index is 15.4. The largest absolute Gasteiger partial charge is 0.287 e. The van der Waals surface area contributed by atoms with Crippen LogP contribution in [0.15, 0.2) is 54.9 Å². The third-order valence-electron chi connectivity index (χ3n) is 8.96. The molecular weight excluding hydrogens is 901 g/mol. The Morgan fingerprint density at radius 2 is 0.656 bits per heavy atom. The molecule has 0 N–H and O–H groups in total. The Morgan fingerprint density at radius 3 is 0.918 bits per heavy atom. The van der Waals surface area contributed by atoms with Crippen LogP contribution in [0.1, 0.15) is 10.4 Å². The molecule has 24 heteroatoms. The number of carbonyl (C=O) groups is 1. The number of carbonyl (C=O) groups excluding carboxylic acids is 1. The zero-order valence-electron chi connectivity index (χ0n) is 28.8. The highest BCUT2D eigenvalue weighted by molar-refractivity contribution is 7.20. The summed E-state index contributed by atoms with van der Waals surface area (Å²) in [6, 6.07) is 12.7. The lowest BCUT2D eigenvalue weighted by Gasteiger charge is -2.44. The van der Waals surface area contributed by atoms with E-state index in [-0.39, 0.29) is 5.78 Å². The molecule has 0 aliphatic carbocycles. The summed E-state index contributed by atoms with van der Waals surface area (Å²) in [7, 11) is 0. The van der Waals surface area contributed by atoms with Crippen molar-refractivity contribution in [3.05, 3.63) is 182 Å². The normalized spacial score (nSPS) is 11.5. The Bertz CT molecular complexity index is 2390. The van der Waals surface area contributed by atoms with Crippen LogP contribution >= 0.6 is 11.6 Å². The van der Waals surface area contributed by atoms with Crippen LogP contribution in [0.5, 0.6) is 0 Å². The summed E-state index contributed by atoms with van der Waals surface area (Å²) in [4.78, 5) is 11.9. The molecule has 0 bridgehead atoms. The number of nitrogens with zero attached hydrogens (tertiary/aromatic N) is 1. The molecule has 2 nitrogen and oxygen atoms in total. The summed E-state index contributed by atoms with van der Waals surface area (Å²) >= 11 is 5.83. The number of aromatic nitrogens is 1. The minimum atomic E-state index is -7.22. The fraction of sp³-hybridized carbons (Fsp3) is 0.0270. The second-order valence-electron chi connectivity index (χ2n) is 12.3. The van der Waals surface area contributed by atoms with Crippen LogP contribution in [0.25, 0.3) is 0 Å². The molecule has 0 aliphatic heterocycles. The van der Waals surface area contributed by atoms with Gasteiger partial charge in [0.1, 0.15) is 52.7 Å². The van der Waals surface area contributed by atoms with Crippen LogP contribution in [0.3, 0.4) is 0 Å². The van der Waals surface area contributed by atoms with E-state index in [4.69, 9.17) is 11.6 Å². The van der Waals surface area contributed by atoms with Crippen molar-refractivity contribution in [2.24, 2.45) is 0 Å². The van der Waals surface area contributed by atoms with Gasteiger partial charge >= 0.3 is 0 Å². The van der Waals surface area contributed by atoms with E-state index >= 15 is 35.1 Å². The number of halogens is 21. The van der Waals surface area contributed by atoms with Gasteiger partial charge in [0.25, 0.3) is 0 Å². The van der Waals surface area contributed by atoms with E-state index in [1.165, 1.54) is 0 Å². The van der Waals surface area contributed by atoms with Crippen LogP contribution in [0.4, 0.5) is 87.8 Å². The Hall–Kier alpha value is -6.13. The van der Waals surface area contributed by atoms with Gasteiger partial charge in [0.05, 0.1) is 0 Å². The van der Waals surface area contributed by atoms with Crippen molar-refractivity contribution in [2.45, 2.75) is 6.54 Å². The van der Waals surface area contributed by atoms with E-state index in [0.29, 0.717) is 17.1 Å². The lowest BCUT2D eigenvalue weighted by Crippen LogP contribution is -2.81. The average Bonchev–Trinajstić information content (AvgIpc) is 3.24.